The molecule has 23 heavy (non-hydrogen) atoms. The highest BCUT2D eigenvalue weighted by Crippen LogP contribution is 2.37. The van der Waals surface area contributed by atoms with E-state index < -0.39 is 23.6 Å². The second-order valence-corrected chi connectivity index (χ2v) is 5.46. The van der Waals surface area contributed by atoms with Gasteiger partial charge in [-0.1, -0.05) is 12.2 Å². The predicted octanol–water partition coefficient (Wildman–Crippen LogP) is 3.96. The highest BCUT2D eigenvalue weighted by molar-refractivity contribution is 5.93. The number of carbonyl (C=O) groups excluding carboxylic acids is 2. The Bertz CT molecular complexity index is 639. The Morgan fingerprint density at radius 3 is 2.57 bits per heavy atom. The van der Waals surface area contributed by atoms with E-state index in [0.717, 1.165) is 25.0 Å². The highest BCUT2D eigenvalue weighted by Gasteiger charge is 2.34. The summed E-state index contributed by atoms with van der Waals surface area (Å²) in [6.45, 7) is 1.21. The third kappa shape index (κ3) is 4.84. The fourth-order valence-corrected chi connectivity index (χ4v) is 2.47. The summed E-state index contributed by atoms with van der Waals surface area (Å²) in [6.07, 6.45) is 1.11. The molecule has 2 amide bonds. The van der Waals surface area contributed by atoms with Gasteiger partial charge >= 0.3 is 6.18 Å². The third-order valence-corrected chi connectivity index (χ3v) is 3.48. The smallest absolute Gasteiger partial charge is 0.326 e. The molecule has 1 aliphatic rings. The second-order valence-electron chi connectivity index (χ2n) is 5.46. The summed E-state index contributed by atoms with van der Waals surface area (Å²) < 4.78 is 39.4. The molecule has 1 aromatic carbocycles. The lowest BCUT2D eigenvalue weighted by atomic mass is 10.0. The van der Waals surface area contributed by atoms with Gasteiger partial charge in [-0.3, -0.25) is 9.59 Å². The normalized spacial score (nSPS) is 17.1. The van der Waals surface area contributed by atoms with Crippen LogP contribution in [0.25, 0.3) is 0 Å². The van der Waals surface area contributed by atoms with E-state index in [9.17, 15) is 22.8 Å². The number of hydrogen-bond acceptors (Lipinski definition) is 2. The zero-order valence-corrected chi connectivity index (χ0v) is 12.5. The summed E-state index contributed by atoms with van der Waals surface area (Å²) in [5.74, 6) is -0.856. The Labute approximate surface area is 131 Å². The average Bonchev–Trinajstić information content (AvgIpc) is 2.91. The van der Waals surface area contributed by atoms with Crippen molar-refractivity contribution >= 4 is 23.2 Å². The van der Waals surface area contributed by atoms with Gasteiger partial charge in [-0.25, -0.2) is 0 Å². The summed E-state index contributed by atoms with van der Waals surface area (Å²) >= 11 is 0. The summed E-state index contributed by atoms with van der Waals surface area (Å²) in [5, 5.41) is 4.61. The van der Waals surface area contributed by atoms with Crippen molar-refractivity contribution in [1.29, 1.82) is 0 Å². The van der Waals surface area contributed by atoms with Crippen LogP contribution < -0.4 is 10.6 Å². The first-order chi connectivity index (χ1) is 10.8. The monoisotopic (exact) mass is 326 g/mol. The number of alkyl halides is 3. The van der Waals surface area contributed by atoms with E-state index in [0.29, 0.717) is 0 Å². The van der Waals surface area contributed by atoms with E-state index in [2.05, 4.69) is 10.6 Å². The average molecular weight is 326 g/mol. The maximum Gasteiger partial charge on any atom is 0.418 e. The zero-order valence-electron chi connectivity index (χ0n) is 12.5. The summed E-state index contributed by atoms with van der Waals surface area (Å²) in [5.41, 5.74) is -1.26. The van der Waals surface area contributed by atoms with Crippen LogP contribution in [0.1, 0.15) is 31.7 Å². The molecule has 2 rings (SSSR count). The Morgan fingerprint density at radius 1 is 1.26 bits per heavy atom. The van der Waals surface area contributed by atoms with Crippen molar-refractivity contribution in [2.45, 2.75) is 32.4 Å². The van der Waals surface area contributed by atoms with Crippen LogP contribution in [0.4, 0.5) is 24.5 Å². The number of rotatable bonds is 4. The van der Waals surface area contributed by atoms with Gasteiger partial charge in [-0.05, 0) is 37.0 Å². The van der Waals surface area contributed by atoms with Crippen LogP contribution in [-0.2, 0) is 15.8 Å². The molecule has 4 nitrogen and oxygen atoms in total. The fourth-order valence-electron chi connectivity index (χ4n) is 2.47. The Kier molecular flexibility index (Phi) is 5.08. The minimum absolute atomic E-state index is 0.0292. The maximum atomic E-state index is 13.1. The van der Waals surface area contributed by atoms with Gasteiger partial charge in [0, 0.05) is 19.0 Å². The van der Waals surface area contributed by atoms with Crippen LogP contribution in [0.5, 0.6) is 0 Å². The summed E-state index contributed by atoms with van der Waals surface area (Å²) in [7, 11) is 0. The Morgan fingerprint density at radius 2 is 2.00 bits per heavy atom. The summed E-state index contributed by atoms with van der Waals surface area (Å²) in [4.78, 5) is 22.9. The first kappa shape index (κ1) is 17.1. The fraction of sp³-hybridized carbons (Fsp3) is 0.375. The molecular weight excluding hydrogens is 309 g/mol. The number of amides is 2. The molecule has 1 atom stereocenters. The van der Waals surface area contributed by atoms with Crippen LogP contribution in [0.3, 0.4) is 0 Å². The Hall–Kier alpha value is -2.31. The lowest BCUT2D eigenvalue weighted by Gasteiger charge is -2.16. The van der Waals surface area contributed by atoms with Gasteiger partial charge in [-0.15, -0.1) is 0 Å². The van der Waals surface area contributed by atoms with E-state index >= 15 is 0 Å². The quantitative estimate of drug-likeness (QED) is 0.823. The molecular formula is C16H17F3N2O2. The zero-order chi connectivity index (χ0) is 17.0. The van der Waals surface area contributed by atoms with Gasteiger partial charge in [0.05, 0.1) is 11.3 Å². The van der Waals surface area contributed by atoms with Crippen LogP contribution in [-0.4, -0.2) is 11.8 Å². The van der Waals surface area contributed by atoms with E-state index in [-0.39, 0.29) is 23.7 Å². The molecule has 1 unspecified atom stereocenters. The van der Waals surface area contributed by atoms with Crippen molar-refractivity contribution in [1.82, 2.24) is 0 Å². The van der Waals surface area contributed by atoms with E-state index in [1.807, 2.05) is 12.2 Å². The van der Waals surface area contributed by atoms with Gasteiger partial charge in [0.25, 0.3) is 0 Å². The molecule has 2 N–H and O–H groups in total. The van der Waals surface area contributed by atoms with Gasteiger partial charge in [-0.2, -0.15) is 13.2 Å². The molecule has 1 aromatic rings. The molecule has 0 heterocycles. The minimum atomic E-state index is -4.63. The second kappa shape index (κ2) is 6.85. The molecule has 0 spiro atoms. The number of allylic oxidation sites excluding steroid dienone is 2. The SMILES string of the molecule is CC(=O)Nc1ccc(NC(=O)CC2C=CCC2)c(C(F)(F)F)c1. The standard InChI is InChI=1S/C16H17F3N2O2/c1-10(22)20-12-6-7-14(13(9-12)16(17,18)19)21-15(23)8-11-4-2-3-5-11/h2,4,6-7,9,11H,3,5,8H2,1H3,(H,20,22)(H,21,23). The number of hydrogen-bond donors (Lipinski definition) is 2. The predicted molar refractivity (Wildman–Crippen MR) is 80.9 cm³/mol. The lowest BCUT2D eigenvalue weighted by Crippen LogP contribution is -2.19. The topological polar surface area (TPSA) is 58.2 Å². The van der Waals surface area contributed by atoms with Crippen molar-refractivity contribution < 1.29 is 22.8 Å². The molecule has 0 saturated heterocycles. The van der Waals surface area contributed by atoms with Crippen LogP contribution in [0, 0.1) is 5.92 Å². The van der Waals surface area contributed by atoms with Gasteiger partial charge in [0.1, 0.15) is 0 Å². The van der Waals surface area contributed by atoms with Crippen molar-refractivity contribution in [3.63, 3.8) is 0 Å². The molecule has 0 aliphatic heterocycles. The van der Waals surface area contributed by atoms with Crippen LogP contribution in [0.15, 0.2) is 30.4 Å². The number of carbonyl (C=O) groups is 2. The third-order valence-electron chi connectivity index (χ3n) is 3.48. The van der Waals surface area contributed by atoms with Crippen molar-refractivity contribution in [2.75, 3.05) is 10.6 Å². The van der Waals surface area contributed by atoms with Crippen LogP contribution in [0.2, 0.25) is 0 Å². The summed E-state index contributed by atoms with van der Waals surface area (Å²) in [6, 6.07) is 3.28. The van der Waals surface area contributed by atoms with Gasteiger partial charge in [0.15, 0.2) is 0 Å². The molecule has 1 aliphatic carbocycles. The molecule has 0 radical (unpaired) electrons. The number of halogens is 3. The minimum Gasteiger partial charge on any atom is -0.326 e. The van der Waals surface area contributed by atoms with Gasteiger partial charge in [0.2, 0.25) is 11.8 Å². The number of nitrogens with one attached hydrogen (secondary N) is 2. The van der Waals surface area contributed by atoms with Gasteiger partial charge < -0.3 is 10.6 Å². The first-order valence-corrected chi connectivity index (χ1v) is 7.21. The van der Waals surface area contributed by atoms with Crippen LogP contribution >= 0.6 is 0 Å². The largest absolute Gasteiger partial charge is 0.418 e. The maximum absolute atomic E-state index is 13.1. The molecule has 124 valence electrons. The molecule has 0 bridgehead atoms. The highest BCUT2D eigenvalue weighted by atomic mass is 19.4. The Balaban J connectivity index is 2.17. The van der Waals surface area contributed by atoms with Crippen molar-refractivity contribution in [2.24, 2.45) is 5.92 Å². The molecule has 0 saturated carbocycles. The van der Waals surface area contributed by atoms with E-state index in [1.54, 1.807) is 0 Å². The van der Waals surface area contributed by atoms with Crippen molar-refractivity contribution in [3.8, 4) is 0 Å². The number of anilines is 2. The van der Waals surface area contributed by atoms with E-state index in [1.165, 1.54) is 13.0 Å². The lowest BCUT2D eigenvalue weighted by molar-refractivity contribution is -0.137. The number of benzene rings is 1. The van der Waals surface area contributed by atoms with E-state index in [4.69, 9.17) is 0 Å². The molecule has 0 aromatic heterocycles. The first-order valence-electron chi connectivity index (χ1n) is 7.21. The molecule has 0 fully saturated rings. The van der Waals surface area contributed by atoms with Crippen molar-refractivity contribution in [3.05, 3.63) is 35.9 Å². The molecule has 7 heteroatoms.